The van der Waals surface area contributed by atoms with Crippen LogP contribution in [-0.2, 0) is 4.79 Å². The van der Waals surface area contributed by atoms with E-state index in [0.717, 1.165) is 12.2 Å². The van der Waals surface area contributed by atoms with E-state index in [-0.39, 0.29) is 5.91 Å². The maximum atomic E-state index is 11.9. The van der Waals surface area contributed by atoms with Crippen molar-refractivity contribution in [3.63, 3.8) is 0 Å². The molecule has 0 saturated carbocycles. The van der Waals surface area contributed by atoms with Crippen LogP contribution in [-0.4, -0.2) is 18.5 Å². The average molecular weight is 310 g/mol. The SMILES string of the molecule is C[C@@H]1CCCCN1c1ccc(NC(=O)/C=C/c2ccco2)cc1. The van der Waals surface area contributed by atoms with Gasteiger partial charge in [0, 0.05) is 30.0 Å². The summed E-state index contributed by atoms with van der Waals surface area (Å²) in [6.45, 7) is 3.38. The Morgan fingerprint density at radius 1 is 1.26 bits per heavy atom. The van der Waals surface area contributed by atoms with E-state index < -0.39 is 0 Å². The Bertz CT molecular complexity index is 659. The van der Waals surface area contributed by atoms with Gasteiger partial charge in [0.05, 0.1) is 6.26 Å². The van der Waals surface area contributed by atoms with Crippen molar-refractivity contribution in [2.45, 2.75) is 32.2 Å². The van der Waals surface area contributed by atoms with Crippen LogP contribution >= 0.6 is 0 Å². The molecule has 1 fully saturated rings. The van der Waals surface area contributed by atoms with Gasteiger partial charge in [0.25, 0.3) is 0 Å². The van der Waals surface area contributed by atoms with Gasteiger partial charge in [-0.05, 0) is 68.7 Å². The summed E-state index contributed by atoms with van der Waals surface area (Å²) in [5, 5.41) is 2.86. The molecule has 1 atom stereocenters. The molecule has 1 aromatic heterocycles. The van der Waals surface area contributed by atoms with Gasteiger partial charge < -0.3 is 14.6 Å². The fourth-order valence-electron chi connectivity index (χ4n) is 2.95. The number of hydrogen-bond donors (Lipinski definition) is 1. The lowest BCUT2D eigenvalue weighted by Crippen LogP contribution is -2.37. The van der Waals surface area contributed by atoms with Crippen LogP contribution in [0.2, 0.25) is 0 Å². The third-order valence-electron chi connectivity index (χ3n) is 4.21. The molecule has 1 amide bonds. The predicted octanol–water partition coefficient (Wildman–Crippen LogP) is 4.31. The van der Waals surface area contributed by atoms with E-state index >= 15 is 0 Å². The lowest BCUT2D eigenvalue weighted by atomic mass is 10.0. The topological polar surface area (TPSA) is 45.5 Å². The van der Waals surface area contributed by atoms with E-state index in [0.29, 0.717) is 11.8 Å². The third-order valence-corrected chi connectivity index (χ3v) is 4.21. The molecule has 4 nitrogen and oxygen atoms in total. The normalized spacial score (nSPS) is 18.3. The number of rotatable bonds is 4. The van der Waals surface area contributed by atoms with Crippen LogP contribution in [0.5, 0.6) is 0 Å². The summed E-state index contributed by atoms with van der Waals surface area (Å²) in [6, 6.07) is 12.2. The molecule has 2 aromatic rings. The molecule has 2 heterocycles. The van der Waals surface area contributed by atoms with Gasteiger partial charge in [-0.1, -0.05) is 0 Å². The molecule has 1 aliphatic rings. The number of piperidine rings is 1. The van der Waals surface area contributed by atoms with E-state index in [2.05, 4.69) is 29.3 Å². The second-order valence-electron chi connectivity index (χ2n) is 5.92. The Hall–Kier alpha value is -2.49. The van der Waals surface area contributed by atoms with E-state index in [1.165, 1.54) is 31.0 Å². The first-order valence-corrected chi connectivity index (χ1v) is 8.11. The molecule has 3 rings (SSSR count). The average Bonchev–Trinajstić information content (AvgIpc) is 3.08. The molecular weight excluding hydrogens is 288 g/mol. The van der Waals surface area contributed by atoms with Gasteiger partial charge in [-0.3, -0.25) is 4.79 Å². The number of hydrogen-bond acceptors (Lipinski definition) is 3. The van der Waals surface area contributed by atoms with Crippen LogP contribution in [0, 0.1) is 0 Å². The van der Waals surface area contributed by atoms with Gasteiger partial charge >= 0.3 is 0 Å². The van der Waals surface area contributed by atoms with Crippen LogP contribution in [0.1, 0.15) is 31.9 Å². The molecule has 120 valence electrons. The molecule has 1 aromatic carbocycles. The number of anilines is 2. The van der Waals surface area contributed by atoms with Gasteiger partial charge in [0.1, 0.15) is 5.76 Å². The summed E-state index contributed by atoms with van der Waals surface area (Å²) in [7, 11) is 0. The third kappa shape index (κ3) is 4.03. The standard InChI is InChI=1S/C19H22N2O2/c1-15-5-2-3-13-21(15)17-9-7-16(8-10-17)20-19(22)12-11-18-6-4-14-23-18/h4,6-12,14-15H,2-3,5,13H2,1H3,(H,20,22)/b12-11+/t15-/m1/s1. The first-order chi connectivity index (χ1) is 11.2. The van der Waals surface area contributed by atoms with E-state index in [4.69, 9.17) is 4.42 Å². The number of nitrogens with one attached hydrogen (secondary N) is 1. The smallest absolute Gasteiger partial charge is 0.248 e. The van der Waals surface area contributed by atoms with Crippen LogP contribution in [0.4, 0.5) is 11.4 Å². The highest BCUT2D eigenvalue weighted by atomic mass is 16.3. The minimum Gasteiger partial charge on any atom is -0.465 e. The summed E-state index contributed by atoms with van der Waals surface area (Å²) in [5.74, 6) is 0.495. The van der Waals surface area contributed by atoms with Crippen molar-refractivity contribution < 1.29 is 9.21 Å². The zero-order valence-corrected chi connectivity index (χ0v) is 13.4. The molecule has 0 radical (unpaired) electrons. The van der Waals surface area contributed by atoms with E-state index in [1.807, 2.05) is 12.1 Å². The summed E-state index contributed by atoms with van der Waals surface area (Å²) in [4.78, 5) is 14.3. The minimum absolute atomic E-state index is 0.166. The van der Waals surface area contributed by atoms with Crippen molar-refractivity contribution in [2.24, 2.45) is 0 Å². The van der Waals surface area contributed by atoms with Crippen molar-refractivity contribution in [1.29, 1.82) is 0 Å². The summed E-state index contributed by atoms with van der Waals surface area (Å²) < 4.78 is 5.15. The van der Waals surface area contributed by atoms with Crippen molar-refractivity contribution in [1.82, 2.24) is 0 Å². The van der Waals surface area contributed by atoms with Gasteiger partial charge in [0.2, 0.25) is 5.91 Å². The lowest BCUT2D eigenvalue weighted by molar-refractivity contribution is -0.111. The molecule has 0 aliphatic carbocycles. The number of carbonyl (C=O) groups excluding carboxylic acids is 1. The summed E-state index contributed by atoms with van der Waals surface area (Å²) >= 11 is 0. The van der Waals surface area contributed by atoms with Gasteiger partial charge in [-0.15, -0.1) is 0 Å². The molecule has 23 heavy (non-hydrogen) atoms. The van der Waals surface area contributed by atoms with Crippen LogP contribution in [0.15, 0.2) is 53.2 Å². The van der Waals surface area contributed by atoms with E-state index in [1.54, 1.807) is 24.5 Å². The molecule has 1 aliphatic heterocycles. The van der Waals surface area contributed by atoms with Crippen molar-refractivity contribution in [2.75, 3.05) is 16.8 Å². The Morgan fingerprint density at radius 3 is 2.78 bits per heavy atom. The van der Waals surface area contributed by atoms with Gasteiger partial charge in [-0.2, -0.15) is 0 Å². The quantitative estimate of drug-likeness (QED) is 0.856. The zero-order valence-electron chi connectivity index (χ0n) is 13.4. The Balaban J connectivity index is 1.60. The van der Waals surface area contributed by atoms with Crippen molar-refractivity contribution in [3.05, 3.63) is 54.5 Å². The molecule has 1 N–H and O–H groups in total. The maximum Gasteiger partial charge on any atom is 0.248 e. The molecule has 0 bridgehead atoms. The highest BCUT2D eigenvalue weighted by molar-refractivity contribution is 6.01. The Morgan fingerprint density at radius 2 is 2.09 bits per heavy atom. The first-order valence-electron chi connectivity index (χ1n) is 8.11. The van der Waals surface area contributed by atoms with Gasteiger partial charge in [-0.25, -0.2) is 0 Å². The largest absolute Gasteiger partial charge is 0.465 e. The maximum absolute atomic E-state index is 11.9. The molecule has 0 spiro atoms. The fourth-order valence-corrected chi connectivity index (χ4v) is 2.95. The Labute approximate surface area is 136 Å². The Kier molecular flexibility index (Phi) is 4.81. The monoisotopic (exact) mass is 310 g/mol. The van der Waals surface area contributed by atoms with Crippen molar-refractivity contribution >= 4 is 23.4 Å². The number of furan rings is 1. The minimum atomic E-state index is -0.166. The fraction of sp³-hybridized carbons (Fsp3) is 0.316. The zero-order chi connectivity index (χ0) is 16.1. The highest BCUT2D eigenvalue weighted by Gasteiger charge is 2.18. The molecular formula is C19H22N2O2. The highest BCUT2D eigenvalue weighted by Crippen LogP contribution is 2.25. The summed E-state index contributed by atoms with van der Waals surface area (Å²) in [6.07, 6.45) is 8.51. The molecule has 1 saturated heterocycles. The van der Waals surface area contributed by atoms with Crippen molar-refractivity contribution in [3.8, 4) is 0 Å². The second kappa shape index (κ2) is 7.18. The summed E-state index contributed by atoms with van der Waals surface area (Å²) in [5.41, 5.74) is 2.02. The number of carbonyl (C=O) groups is 1. The van der Waals surface area contributed by atoms with Crippen LogP contribution in [0.25, 0.3) is 6.08 Å². The van der Waals surface area contributed by atoms with E-state index in [9.17, 15) is 4.79 Å². The number of benzene rings is 1. The number of nitrogens with zero attached hydrogens (tertiary/aromatic N) is 1. The number of amides is 1. The van der Waals surface area contributed by atoms with Gasteiger partial charge in [0.15, 0.2) is 0 Å². The second-order valence-corrected chi connectivity index (χ2v) is 5.92. The van der Waals surface area contributed by atoms with Crippen LogP contribution < -0.4 is 10.2 Å². The predicted molar refractivity (Wildman–Crippen MR) is 93.5 cm³/mol. The van der Waals surface area contributed by atoms with Crippen LogP contribution in [0.3, 0.4) is 0 Å². The molecule has 0 unspecified atom stereocenters. The lowest BCUT2D eigenvalue weighted by Gasteiger charge is -2.35. The first kappa shape index (κ1) is 15.4. The molecule has 4 heteroatoms.